The number of anilines is 1. The molecule has 1 aromatic carbocycles. The highest BCUT2D eigenvalue weighted by Gasteiger charge is 2.09. The topological polar surface area (TPSA) is 76.2 Å². The molecule has 0 aliphatic carbocycles. The molecular weight excluding hydrogens is 258 g/mol. The van der Waals surface area contributed by atoms with E-state index in [9.17, 15) is 4.79 Å². The van der Waals surface area contributed by atoms with Crippen molar-refractivity contribution in [1.82, 2.24) is 10.2 Å². The van der Waals surface area contributed by atoms with Crippen LogP contribution in [0.25, 0.3) is 0 Å². The summed E-state index contributed by atoms with van der Waals surface area (Å²) in [5.41, 5.74) is 1.85. The molecule has 0 aliphatic rings. The van der Waals surface area contributed by atoms with Gasteiger partial charge in [0, 0.05) is 11.3 Å². The number of amides is 1. The number of nitrogens with one attached hydrogen (secondary N) is 2. The number of aromatic amines is 1. The van der Waals surface area contributed by atoms with E-state index in [0.717, 1.165) is 17.0 Å². The molecular formula is C14H17N3O3. The van der Waals surface area contributed by atoms with Crippen LogP contribution in [0.3, 0.4) is 0 Å². The normalized spacial score (nSPS) is 10.2. The molecule has 2 rings (SSSR count). The number of carbonyl (C=O) groups excluding carboxylic acids is 1. The number of carbonyl (C=O) groups is 1. The van der Waals surface area contributed by atoms with E-state index in [1.54, 1.807) is 31.4 Å². The van der Waals surface area contributed by atoms with Crippen LogP contribution in [-0.2, 0) is 4.79 Å². The second-order valence-electron chi connectivity index (χ2n) is 4.33. The van der Waals surface area contributed by atoms with E-state index in [1.807, 2.05) is 13.8 Å². The van der Waals surface area contributed by atoms with Gasteiger partial charge in [0.25, 0.3) is 5.91 Å². The van der Waals surface area contributed by atoms with Gasteiger partial charge >= 0.3 is 0 Å². The molecule has 0 aliphatic heterocycles. The summed E-state index contributed by atoms with van der Waals surface area (Å²) in [5, 5.41) is 9.51. The van der Waals surface area contributed by atoms with Crippen LogP contribution in [-0.4, -0.2) is 29.8 Å². The van der Waals surface area contributed by atoms with Crippen molar-refractivity contribution in [3.05, 3.63) is 35.5 Å². The first kappa shape index (κ1) is 13.9. The fourth-order valence-electron chi connectivity index (χ4n) is 1.60. The first-order valence-corrected chi connectivity index (χ1v) is 6.18. The van der Waals surface area contributed by atoms with Gasteiger partial charge in [0.05, 0.1) is 7.11 Å². The van der Waals surface area contributed by atoms with Gasteiger partial charge in [-0.05, 0) is 38.1 Å². The maximum Gasteiger partial charge on any atom is 0.263 e. The monoisotopic (exact) mass is 275 g/mol. The van der Waals surface area contributed by atoms with E-state index in [1.165, 1.54) is 0 Å². The van der Waals surface area contributed by atoms with E-state index in [-0.39, 0.29) is 12.5 Å². The maximum absolute atomic E-state index is 11.8. The van der Waals surface area contributed by atoms with Crippen molar-refractivity contribution in [2.24, 2.45) is 0 Å². The number of aromatic nitrogens is 2. The summed E-state index contributed by atoms with van der Waals surface area (Å²) in [5.74, 6) is 1.63. The zero-order valence-corrected chi connectivity index (χ0v) is 11.7. The fourth-order valence-corrected chi connectivity index (χ4v) is 1.60. The third kappa shape index (κ3) is 3.28. The molecule has 1 amide bonds. The summed E-state index contributed by atoms with van der Waals surface area (Å²) < 4.78 is 10.4. The first-order chi connectivity index (χ1) is 9.60. The summed E-state index contributed by atoms with van der Waals surface area (Å²) in [4.78, 5) is 11.8. The van der Waals surface area contributed by atoms with Gasteiger partial charge in [0.2, 0.25) is 0 Å². The molecule has 0 spiro atoms. The van der Waals surface area contributed by atoms with Gasteiger partial charge in [-0.3, -0.25) is 9.89 Å². The van der Waals surface area contributed by atoms with Crippen molar-refractivity contribution in [2.45, 2.75) is 13.8 Å². The highest BCUT2D eigenvalue weighted by atomic mass is 16.5. The Balaban J connectivity index is 1.87. The van der Waals surface area contributed by atoms with Crippen LogP contribution in [0.1, 0.15) is 11.3 Å². The summed E-state index contributed by atoms with van der Waals surface area (Å²) in [7, 11) is 1.59. The largest absolute Gasteiger partial charge is 0.497 e. The van der Waals surface area contributed by atoms with Crippen molar-refractivity contribution in [3.63, 3.8) is 0 Å². The van der Waals surface area contributed by atoms with Gasteiger partial charge in [-0.1, -0.05) is 0 Å². The predicted molar refractivity (Wildman–Crippen MR) is 75.2 cm³/mol. The lowest BCUT2D eigenvalue weighted by Crippen LogP contribution is -2.20. The first-order valence-electron chi connectivity index (χ1n) is 6.18. The Morgan fingerprint density at radius 1 is 1.25 bits per heavy atom. The molecule has 2 N–H and O–H groups in total. The third-order valence-electron chi connectivity index (χ3n) is 2.94. The minimum atomic E-state index is -0.254. The Kier molecular flexibility index (Phi) is 4.24. The molecule has 0 unspecified atom stereocenters. The standard InChI is InChI=1S/C14H17N3O3/c1-9-10(2)16-17-14(9)15-13(18)8-20-12-6-4-11(19-3)5-7-12/h4-7H,8H2,1-3H3,(H2,15,16,17,18). The van der Waals surface area contributed by atoms with Gasteiger partial charge in [0.1, 0.15) is 11.5 Å². The van der Waals surface area contributed by atoms with Gasteiger partial charge in [-0.25, -0.2) is 0 Å². The molecule has 0 atom stereocenters. The molecule has 106 valence electrons. The van der Waals surface area contributed by atoms with E-state index < -0.39 is 0 Å². The smallest absolute Gasteiger partial charge is 0.263 e. The Morgan fingerprint density at radius 3 is 2.45 bits per heavy atom. The van der Waals surface area contributed by atoms with Crippen LogP contribution >= 0.6 is 0 Å². The van der Waals surface area contributed by atoms with Crippen molar-refractivity contribution >= 4 is 11.7 Å². The number of hydrogen-bond donors (Lipinski definition) is 2. The van der Waals surface area contributed by atoms with Crippen molar-refractivity contribution in [3.8, 4) is 11.5 Å². The van der Waals surface area contributed by atoms with Crippen LogP contribution in [0.5, 0.6) is 11.5 Å². The highest BCUT2D eigenvalue weighted by Crippen LogP contribution is 2.17. The summed E-state index contributed by atoms with van der Waals surface area (Å²) >= 11 is 0. The third-order valence-corrected chi connectivity index (χ3v) is 2.94. The maximum atomic E-state index is 11.8. The van der Waals surface area contributed by atoms with Crippen molar-refractivity contribution in [2.75, 3.05) is 19.0 Å². The molecule has 6 nitrogen and oxygen atoms in total. The molecule has 0 fully saturated rings. The molecule has 1 aromatic heterocycles. The second-order valence-corrected chi connectivity index (χ2v) is 4.33. The highest BCUT2D eigenvalue weighted by molar-refractivity contribution is 5.91. The van der Waals surface area contributed by atoms with Gasteiger partial charge in [-0.2, -0.15) is 5.10 Å². The Labute approximate surface area is 117 Å². The minimum absolute atomic E-state index is 0.0717. The lowest BCUT2D eigenvalue weighted by molar-refractivity contribution is -0.118. The summed E-state index contributed by atoms with van der Waals surface area (Å²) in [6.07, 6.45) is 0. The Hall–Kier alpha value is -2.50. The summed E-state index contributed by atoms with van der Waals surface area (Å²) in [6, 6.07) is 7.04. The number of aryl methyl sites for hydroxylation is 1. The number of rotatable bonds is 5. The average molecular weight is 275 g/mol. The van der Waals surface area contributed by atoms with Crippen LogP contribution < -0.4 is 14.8 Å². The quantitative estimate of drug-likeness (QED) is 0.875. The number of methoxy groups -OCH3 is 1. The molecule has 0 saturated carbocycles. The number of nitrogens with zero attached hydrogens (tertiary/aromatic N) is 1. The van der Waals surface area contributed by atoms with Crippen molar-refractivity contribution in [1.29, 1.82) is 0 Å². The van der Waals surface area contributed by atoms with E-state index in [2.05, 4.69) is 15.5 Å². The van der Waals surface area contributed by atoms with Crippen molar-refractivity contribution < 1.29 is 14.3 Å². The van der Waals surface area contributed by atoms with Crippen LogP contribution in [0, 0.1) is 13.8 Å². The molecule has 20 heavy (non-hydrogen) atoms. The molecule has 0 saturated heterocycles. The van der Waals surface area contributed by atoms with Crippen LogP contribution in [0.15, 0.2) is 24.3 Å². The van der Waals surface area contributed by atoms with Gasteiger partial charge < -0.3 is 14.8 Å². The van der Waals surface area contributed by atoms with Crippen LogP contribution in [0.4, 0.5) is 5.82 Å². The number of ether oxygens (including phenoxy) is 2. The zero-order chi connectivity index (χ0) is 14.5. The molecule has 0 bridgehead atoms. The van der Waals surface area contributed by atoms with E-state index in [4.69, 9.17) is 9.47 Å². The van der Waals surface area contributed by atoms with Gasteiger partial charge in [0.15, 0.2) is 12.4 Å². The second kappa shape index (κ2) is 6.10. The SMILES string of the molecule is COc1ccc(OCC(=O)Nc2n[nH]c(C)c2C)cc1. The Bertz CT molecular complexity index is 590. The predicted octanol–water partition coefficient (Wildman–Crippen LogP) is 2.05. The van der Waals surface area contributed by atoms with Gasteiger partial charge in [-0.15, -0.1) is 0 Å². The van der Waals surface area contributed by atoms with E-state index in [0.29, 0.717) is 11.6 Å². The lowest BCUT2D eigenvalue weighted by Gasteiger charge is -2.07. The van der Waals surface area contributed by atoms with E-state index >= 15 is 0 Å². The molecule has 2 aromatic rings. The Morgan fingerprint density at radius 2 is 1.90 bits per heavy atom. The number of hydrogen-bond acceptors (Lipinski definition) is 4. The number of H-pyrrole nitrogens is 1. The van der Waals surface area contributed by atoms with Crippen LogP contribution in [0.2, 0.25) is 0 Å². The summed E-state index contributed by atoms with van der Waals surface area (Å²) in [6.45, 7) is 3.71. The lowest BCUT2D eigenvalue weighted by atomic mass is 10.3. The number of benzene rings is 1. The fraction of sp³-hybridized carbons (Fsp3) is 0.286. The average Bonchev–Trinajstić information content (AvgIpc) is 2.78. The molecule has 0 radical (unpaired) electrons. The zero-order valence-electron chi connectivity index (χ0n) is 11.7. The molecule has 1 heterocycles. The molecule has 6 heteroatoms. The minimum Gasteiger partial charge on any atom is -0.497 e.